The molecule has 1 N–H and O–H groups in total. The van der Waals surface area contributed by atoms with E-state index in [2.05, 4.69) is 34.5 Å². The molecule has 19 heavy (non-hydrogen) atoms. The SMILES string of the molecule is CCCNC(CCc1cccnc1)c1ccn(C)n1. The largest absolute Gasteiger partial charge is 0.309 e. The van der Waals surface area contributed by atoms with E-state index in [1.807, 2.05) is 36.4 Å². The molecule has 0 amide bonds. The normalized spacial score (nSPS) is 12.5. The lowest BCUT2D eigenvalue weighted by Crippen LogP contribution is -2.23. The third kappa shape index (κ3) is 4.17. The Morgan fingerprint density at radius 2 is 2.26 bits per heavy atom. The maximum Gasteiger partial charge on any atom is 0.0793 e. The van der Waals surface area contributed by atoms with Crippen molar-refractivity contribution in [1.82, 2.24) is 20.1 Å². The molecule has 0 bridgehead atoms. The topological polar surface area (TPSA) is 42.7 Å². The Labute approximate surface area is 114 Å². The van der Waals surface area contributed by atoms with Crippen LogP contribution in [-0.2, 0) is 13.5 Å². The minimum absolute atomic E-state index is 0.321. The second-order valence-corrected chi connectivity index (χ2v) is 4.82. The zero-order chi connectivity index (χ0) is 13.5. The van der Waals surface area contributed by atoms with Crippen LogP contribution in [0.1, 0.15) is 37.1 Å². The summed E-state index contributed by atoms with van der Waals surface area (Å²) in [5.41, 5.74) is 2.40. The number of aromatic nitrogens is 3. The molecule has 0 saturated carbocycles. The van der Waals surface area contributed by atoms with E-state index in [1.165, 1.54) is 5.56 Å². The monoisotopic (exact) mass is 258 g/mol. The molecule has 0 aromatic carbocycles. The minimum atomic E-state index is 0.321. The first-order valence-electron chi connectivity index (χ1n) is 6.91. The van der Waals surface area contributed by atoms with Gasteiger partial charge in [-0.2, -0.15) is 5.10 Å². The molecule has 0 spiro atoms. The molecule has 0 fully saturated rings. The lowest BCUT2D eigenvalue weighted by atomic mass is 10.0. The quantitative estimate of drug-likeness (QED) is 0.829. The third-order valence-corrected chi connectivity index (χ3v) is 3.18. The highest BCUT2D eigenvalue weighted by Gasteiger charge is 2.13. The lowest BCUT2D eigenvalue weighted by Gasteiger charge is -2.16. The highest BCUT2D eigenvalue weighted by atomic mass is 15.3. The van der Waals surface area contributed by atoms with Crippen molar-refractivity contribution in [1.29, 1.82) is 0 Å². The number of aryl methyl sites for hydroxylation is 2. The highest BCUT2D eigenvalue weighted by Crippen LogP contribution is 2.17. The molecule has 1 unspecified atom stereocenters. The fraction of sp³-hybridized carbons (Fsp3) is 0.467. The molecule has 0 aliphatic heterocycles. The van der Waals surface area contributed by atoms with E-state index < -0.39 is 0 Å². The van der Waals surface area contributed by atoms with Crippen molar-refractivity contribution in [3.05, 3.63) is 48.0 Å². The number of nitrogens with zero attached hydrogens (tertiary/aromatic N) is 3. The van der Waals surface area contributed by atoms with Crippen LogP contribution in [0.25, 0.3) is 0 Å². The molecule has 2 heterocycles. The molecule has 0 radical (unpaired) electrons. The Kier molecular flexibility index (Phi) is 5.10. The van der Waals surface area contributed by atoms with Gasteiger partial charge in [-0.1, -0.05) is 13.0 Å². The van der Waals surface area contributed by atoms with Crippen molar-refractivity contribution in [2.24, 2.45) is 7.05 Å². The molecule has 1 atom stereocenters. The molecule has 0 saturated heterocycles. The first kappa shape index (κ1) is 13.7. The summed E-state index contributed by atoms with van der Waals surface area (Å²) in [4.78, 5) is 4.16. The van der Waals surface area contributed by atoms with E-state index in [9.17, 15) is 0 Å². The Balaban J connectivity index is 1.98. The number of hydrogen-bond donors (Lipinski definition) is 1. The first-order valence-corrected chi connectivity index (χ1v) is 6.91. The summed E-state index contributed by atoms with van der Waals surface area (Å²) in [6.45, 7) is 3.21. The molecular formula is C15H22N4. The van der Waals surface area contributed by atoms with Gasteiger partial charge in [0.1, 0.15) is 0 Å². The van der Waals surface area contributed by atoms with Crippen molar-refractivity contribution in [3.8, 4) is 0 Å². The minimum Gasteiger partial charge on any atom is -0.309 e. The van der Waals surface area contributed by atoms with Gasteiger partial charge in [0.25, 0.3) is 0 Å². The van der Waals surface area contributed by atoms with Gasteiger partial charge >= 0.3 is 0 Å². The van der Waals surface area contributed by atoms with Gasteiger partial charge in [-0.25, -0.2) is 0 Å². The average molecular weight is 258 g/mol. The van der Waals surface area contributed by atoms with E-state index in [0.717, 1.165) is 31.5 Å². The Morgan fingerprint density at radius 3 is 2.89 bits per heavy atom. The molecule has 4 nitrogen and oxygen atoms in total. The predicted molar refractivity (Wildman–Crippen MR) is 76.8 cm³/mol. The van der Waals surface area contributed by atoms with Crippen molar-refractivity contribution in [2.45, 2.75) is 32.2 Å². The van der Waals surface area contributed by atoms with Crippen LogP contribution in [0.15, 0.2) is 36.8 Å². The van der Waals surface area contributed by atoms with Crippen molar-refractivity contribution < 1.29 is 0 Å². The summed E-state index contributed by atoms with van der Waals surface area (Å²) in [6.07, 6.45) is 8.95. The fourth-order valence-electron chi connectivity index (χ4n) is 2.15. The third-order valence-electron chi connectivity index (χ3n) is 3.18. The summed E-state index contributed by atoms with van der Waals surface area (Å²) in [5, 5.41) is 8.09. The zero-order valence-electron chi connectivity index (χ0n) is 11.7. The molecule has 4 heteroatoms. The van der Waals surface area contributed by atoms with Crippen LogP contribution in [0.5, 0.6) is 0 Å². The summed E-state index contributed by atoms with van der Waals surface area (Å²) in [6, 6.07) is 6.53. The van der Waals surface area contributed by atoms with Crippen LogP contribution in [0.2, 0.25) is 0 Å². The van der Waals surface area contributed by atoms with Gasteiger partial charge in [0.05, 0.1) is 11.7 Å². The van der Waals surface area contributed by atoms with Crippen molar-refractivity contribution in [3.63, 3.8) is 0 Å². The van der Waals surface area contributed by atoms with Gasteiger partial charge in [0, 0.05) is 25.6 Å². The van der Waals surface area contributed by atoms with Crippen molar-refractivity contribution in [2.75, 3.05) is 6.54 Å². The van der Waals surface area contributed by atoms with Crippen LogP contribution < -0.4 is 5.32 Å². The average Bonchev–Trinajstić information content (AvgIpc) is 2.86. The summed E-state index contributed by atoms with van der Waals surface area (Å²) >= 11 is 0. The lowest BCUT2D eigenvalue weighted by molar-refractivity contribution is 0.483. The molecule has 2 aromatic heterocycles. The second-order valence-electron chi connectivity index (χ2n) is 4.82. The zero-order valence-corrected chi connectivity index (χ0v) is 11.7. The van der Waals surface area contributed by atoms with Gasteiger partial charge in [-0.05, 0) is 43.5 Å². The first-order chi connectivity index (χ1) is 9.29. The molecular weight excluding hydrogens is 236 g/mol. The molecule has 2 rings (SSSR count). The van der Waals surface area contributed by atoms with Crippen LogP contribution in [0.4, 0.5) is 0 Å². The molecule has 0 aliphatic carbocycles. The number of pyridine rings is 1. The van der Waals surface area contributed by atoms with E-state index >= 15 is 0 Å². The highest BCUT2D eigenvalue weighted by molar-refractivity contribution is 5.11. The summed E-state index contributed by atoms with van der Waals surface area (Å²) in [7, 11) is 1.96. The van der Waals surface area contributed by atoms with Crippen LogP contribution >= 0.6 is 0 Å². The van der Waals surface area contributed by atoms with E-state index in [-0.39, 0.29) is 0 Å². The maximum atomic E-state index is 4.51. The molecule has 2 aromatic rings. The molecule has 102 valence electrons. The fourth-order valence-corrected chi connectivity index (χ4v) is 2.15. The predicted octanol–water partition coefficient (Wildman–Crippen LogP) is 2.49. The second kappa shape index (κ2) is 7.04. The van der Waals surface area contributed by atoms with Gasteiger partial charge in [0.15, 0.2) is 0 Å². The Morgan fingerprint density at radius 1 is 1.37 bits per heavy atom. The van der Waals surface area contributed by atoms with Crippen LogP contribution in [0.3, 0.4) is 0 Å². The summed E-state index contributed by atoms with van der Waals surface area (Å²) < 4.78 is 1.86. The Hall–Kier alpha value is -1.68. The summed E-state index contributed by atoms with van der Waals surface area (Å²) in [5.74, 6) is 0. The van der Waals surface area contributed by atoms with Crippen LogP contribution in [0, 0.1) is 0 Å². The van der Waals surface area contributed by atoms with Gasteiger partial charge in [-0.15, -0.1) is 0 Å². The van der Waals surface area contributed by atoms with E-state index in [1.54, 1.807) is 0 Å². The van der Waals surface area contributed by atoms with Gasteiger partial charge in [-0.3, -0.25) is 9.67 Å². The Bertz CT molecular complexity index is 478. The van der Waals surface area contributed by atoms with E-state index in [0.29, 0.717) is 6.04 Å². The van der Waals surface area contributed by atoms with Gasteiger partial charge < -0.3 is 5.32 Å². The van der Waals surface area contributed by atoms with Crippen molar-refractivity contribution >= 4 is 0 Å². The number of nitrogens with one attached hydrogen (secondary N) is 1. The van der Waals surface area contributed by atoms with E-state index in [4.69, 9.17) is 0 Å². The maximum absolute atomic E-state index is 4.51. The molecule has 0 aliphatic rings. The number of hydrogen-bond acceptors (Lipinski definition) is 3. The standard InChI is InChI=1S/C15H22N4/c1-3-9-17-14(15-8-11-19(2)18-15)7-6-13-5-4-10-16-12-13/h4-5,8,10-12,14,17H,3,6-7,9H2,1-2H3. The number of rotatable bonds is 7. The van der Waals surface area contributed by atoms with Crippen LogP contribution in [-0.4, -0.2) is 21.3 Å². The van der Waals surface area contributed by atoms with Gasteiger partial charge in [0.2, 0.25) is 0 Å². The smallest absolute Gasteiger partial charge is 0.0793 e.